The quantitative estimate of drug-likeness (QED) is 0.227. The first-order valence-corrected chi connectivity index (χ1v) is 12.5. The van der Waals surface area contributed by atoms with Gasteiger partial charge < -0.3 is 9.47 Å². The fraction of sp³-hybridized carbons (Fsp3) is 0.360. The number of rotatable bonds is 12. The summed E-state index contributed by atoms with van der Waals surface area (Å²) < 4.78 is 2.10. The second kappa shape index (κ2) is 13.0. The Bertz CT molecular complexity index is 1060. The van der Waals surface area contributed by atoms with Crippen LogP contribution in [0.3, 0.4) is 0 Å². The fourth-order valence-corrected chi connectivity index (χ4v) is 4.44. The van der Waals surface area contributed by atoms with Crippen molar-refractivity contribution in [2.24, 2.45) is 0 Å². The van der Waals surface area contributed by atoms with Gasteiger partial charge >= 0.3 is 0 Å². The Morgan fingerprint density at radius 2 is 1.85 bits per heavy atom. The zero-order valence-electron chi connectivity index (χ0n) is 18.8. The second-order valence-electron chi connectivity index (χ2n) is 7.60. The summed E-state index contributed by atoms with van der Waals surface area (Å²) in [4.78, 5) is 14.7. The number of nitrogens with zero attached hydrogens (tertiary/aromatic N) is 5. The second-order valence-corrected chi connectivity index (χ2v) is 8.98. The zero-order valence-corrected chi connectivity index (χ0v) is 20.4. The first-order chi connectivity index (χ1) is 16.1. The molecule has 0 saturated heterocycles. The number of nitriles is 1. The SMILES string of the molecule is CCCCCCn1c(SCC(=O)N(CCC#N)c2ccccc2)nnc1-c1ccc(Cl)cc1. The van der Waals surface area contributed by atoms with Crippen molar-refractivity contribution in [2.75, 3.05) is 17.2 Å². The third-order valence-electron chi connectivity index (χ3n) is 5.20. The average molecular weight is 482 g/mol. The van der Waals surface area contributed by atoms with Gasteiger partial charge in [-0.2, -0.15) is 5.26 Å². The molecule has 0 bridgehead atoms. The molecule has 172 valence electrons. The molecule has 0 saturated carbocycles. The molecule has 33 heavy (non-hydrogen) atoms. The smallest absolute Gasteiger partial charge is 0.237 e. The van der Waals surface area contributed by atoms with Crippen LogP contribution in [0.5, 0.6) is 0 Å². The van der Waals surface area contributed by atoms with Crippen molar-refractivity contribution in [3.8, 4) is 17.5 Å². The maximum Gasteiger partial charge on any atom is 0.237 e. The predicted molar refractivity (Wildman–Crippen MR) is 134 cm³/mol. The number of hydrogen-bond donors (Lipinski definition) is 0. The maximum absolute atomic E-state index is 13.1. The molecule has 0 unspecified atom stereocenters. The maximum atomic E-state index is 13.1. The molecule has 8 heteroatoms. The van der Waals surface area contributed by atoms with Gasteiger partial charge in [-0.15, -0.1) is 10.2 Å². The van der Waals surface area contributed by atoms with E-state index in [-0.39, 0.29) is 18.1 Å². The summed E-state index contributed by atoms with van der Waals surface area (Å²) in [5, 5.41) is 19.2. The Balaban J connectivity index is 1.77. The molecular formula is C25H28ClN5OS. The van der Waals surface area contributed by atoms with Crippen molar-refractivity contribution in [2.45, 2.75) is 50.7 Å². The highest BCUT2D eigenvalue weighted by atomic mass is 35.5. The molecule has 1 aromatic heterocycles. The third kappa shape index (κ3) is 7.08. The molecule has 1 heterocycles. The number of halogens is 1. The number of hydrogen-bond acceptors (Lipinski definition) is 5. The van der Waals surface area contributed by atoms with Crippen LogP contribution in [0.25, 0.3) is 11.4 Å². The van der Waals surface area contributed by atoms with E-state index < -0.39 is 0 Å². The zero-order chi connectivity index (χ0) is 23.5. The standard InChI is InChI=1S/C25H28ClN5OS/c1-2-3-4-8-17-31-24(20-12-14-21(26)15-13-20)28-29-25(31)33-19-23(32)30(18-9-16-27)22-10-6-5-7-11-22/h5-7,10-15H,2-4,8-9,17-19H2,1H3. The third-order valence-corrected chi connectivity index (χ3v) is 6.40. The summed E-state index contributed by atoms with van der Waals surface area (Å²) in [7, 11) is 0. The molecular weight excluding hydrogens is 454 g/mol. The van der Waals surface area contributed by atoms with Crippen LogP contribution in [0.4, 0.5) is 5.69 Å². The summed E-state index contributed by atoms with van der Waals surface area (Å²) in [5.74, 6) is 0.936. The predicted octanol–water partition coefficient (Wildman–Crippen LogP) is 6.22. The lowest BCUT2D eigenvalue weighted by molar-refractivity contribution is -0.116. The summed E-state index contributed by atoms with van der Waals surface area (Å²) in [6.07, 6.45) is 4.78. The van der Waals surface area contributed by atoms with Crippen molar-refractivity contribution in [3.05, 3.63) is 59.6 Å². The molecule has 3 aromatic rings. The fourth-order valence-electron chi connectivity index (χ4n) is 3.48. The minimum atomic E-state index is -0.0602. The van der Waals surface area contributed by atoms with E-state index in [9.17, 15) is 4.79 Å². The Morgan fingerprint density at radius 3 is 2.55 bits per heavy atom. The molecule has 0 aliphatic heterocycles. The van der Waals surface area contributed by atoms with Crippen molar-refractivity contribution in [3.63, 3.8) is 0 Å². The van der Waals surface area contributed by atoms with Crippen molar-refractivity contribution >= 4 is 35.0 Å². The summed E-state index contributed by atoms with van der Waals surface area (Å²) in [5.41, 5.74) is 1.74. The van der Waals surface area contributed by atoms with Gasteiger partial charge in [0.2, 0.25) is 5.91 Å². The lowest BCUT2D eigenvalue weighted by atomic mass is 10.2. The number of para-hydroxylation sites is 1. The molecule has 1 amide bonds. The Hall–Kier alpha value is -2.82. The number of anilines is 1. The van der Waals surface area contributed by atoms with Gasteiger partial charge in [-0.1, -0.05) is 67.7 Å². The van der Waals surface area contributed by atoms with Gasteiger partial charge in [-0.3, -0.25) is 4.79 Å². The number of unbranched alkanes of at least 4 members (excludes halogenated alkanes) is 3. The molecule has 0 atom stereocenters. The number of benzene rings is 2. The van der Waals surface area contributed by atoms with Gasteiger partial charge in [0.1, 0.15) is 0 Å². The van der Waals surface area contributed by atoms with Crippen LogP contribution in [0, 0.1) is 11.3 Å². The minimum Gasteiger partial charge on any atom is -0.311 e. The number of thioether (sulfide) groups is 1. The van der Waals surface area contributed by atoms with E-state index in [2.05, 4.69) is 27.8 Å². The highest BCUT2D eigenvalue weighted by Crippen LogP contribution is 2.27. The lowest BCUT2D eigenvalue weighted by Gasteiger charge is -2.21. The first-order valence-electron chi connectivity index (χ1n) is 11.2. The molecule has 0 spiro atoms. The Morgan fingerprint density at radius 1 is 1.09 bits per heavy atom. The number of aromatic nitrogens is 3. The minimum absolute atomic E-state index is 0.0602. The lowest BCUT2D eigenvalue weighted by Crippen LogP contribution is -2.33. The number of amides is 1. The van der Waals surface area contributed by atoms with Crippen LogP contribution in [0.15, 0.2) is 59.8 Å². The van der Waals surface area contributed by atoms with Crippen LogP contribution in [0.2, 0.25) is 5.02 Å². The Labute approximate surface area is 204 Å². The van der Waals surface area contributed by atoms with E-state index in [0.29, 0.717) is 11.6 Å². The van der Waals surface area contributed by atoms with E-state index in [1.165, 1.54) is 24.6 Å². The van der Waals surface area contributed by atoms with E-state index in [0.717, 1.165) is 41.6 Å². The molecule has 3 rings (SSSR count). The van der Waals surface area contributed by atoms with Gasteiger partial charge in [0.05, 0.1) is 18.2 Å². The van der Waals surface area contributed by atoms with E-state index in [4.69, 9.17) is 16.9 Å². The van der Waals surface area contributed by atoms with Crippen LogP contribution >= 0.6 is 23.4 Å². The van der Waals surface area contributed by atoms with Gasteiger partial charge in [0.25, 0.3) is 0 Å². The summed E-state index contributed by atoms with van der Waals surface area (Å²) in [6, 6.07) is 19.1. The highest BCUT2D eigenvalue weighted by molar-refractivity contribution is 7.99. The van der Waals surface area contributed by atoms with Gasteiger partial charge in [-0.25, -0.2) is 0 Å². The van der Waals surface area contributed by atoms with Crippen molar-refractivity contribution in [1.29, 1.82) is 5.26 Å². The van der Waals surface area contributed by atoms with E-state index >= 15 is 0 Å². The van der Waals surface area contributed by atoms with Crippen LogP contribution < -0.4 is 4.90 Å². The largest absolute Gasteiger partial charge is 0.311 e. The molecule has 0 fully saturated rings. The van der Waals surface area contributed by atoms with Gasteiger partial charge in [0, 0.05) is 29.4 Å². The summed E-state index contributed by atoms with van der Waals surface area (Å²) >= 11 is 7.44. The monoisotopic (exact) mass is 481 g/mol. The topological polar surface area (TPSA) is 74.8 Å². The van der Waals surface area contributed by atoms with E-state index in [1.807, 2.05) is 54.6 Å². The highest BCUT2D eigenvalue weighted by Gasteiger charge is 2.19. The van der Waals surface area contributed by atoms with E-state index in [1.54, 1.807) is 4.90 Å². The molecule has 2 aromatic carbocycles. The van der Waals surface area contributed by atoms with Gasteiger partial charge in [0.15, 0.2) is 11.0 Å². The molecule has 0 aliphatic rings. The van der Waals surface area contributed by atoms with Crippen molar-refractivity contribution < 1.29 is 4.79 Å². The van der Waals surface area contributed by atoms with Gasteiger partial charge in [-0.05, 0) is 42.8 Å². The number of carbonyl (C=O) groups is 1. The van der Waals surface area contributed by atoms with Crippen LogP contribution in [-0.4, -0.2) is 33.0 Å². The van der Waals surface area contributed by atoms with Crippen molar-refractivity contribution in [1.82, 2.24) is 14.8 Å². The number of carbonyl (C=O) groups excluding carboxylic acids is 1. The molecule has 0 radical (unpaired) electrons. The van der Waals surface area contributed by atoms with Crippen LogP contribution in [-0.2, 0) is 11.3 Å². The average Bonchev–Trinajstić information content (AvgIpc) is 3.24. The Kier molecular flexibility index (Phi) is 9.79. The van der Waals surface area contributed by atoms with Crippen LogP contribution in [0.1, 0.15) is 39.0 Å². The normalized spacial score (nSPS) is 10.7. The molecule has 6 nitrogen and oxygen atoms in total. The molecule has 0 aliphatic carbocycles. The first kappa shape index (κ1) is 24.8. The summed E-state index contributed by atoms with van der Waals surface area (Å²) in [6.45, 7) is 3.34. The molecule has 0 N–H and O–H groups in total.